The lowest BCUT2D eigenvalue weighted by atomic mass is 10.2. The number of carbonyl (C=O) groups is 2. The Morgan fingerprint density at radius 2 is 1.91 bits per heavy atom. The minimum Gasteiger partial charge on any atom is -0.488 e. The third-order valence-corrected chi connectivity index (χ3v) is 4.68. The van der Waals surface area contributed by atoms with Gasteiger partial charge in [0.2, 0.25) is 0 Å². The highest BCUT2D eigenvalue weighted by atomic mass is 16.6. The molecule has 0 atom stereocenters. The van der Waals surface area contributed by atoms with Crippen molar-refractivity contribution in [1.29, 1.82) is 0 Å². The molecule has 0 fully saturated rings. The van der Waals surface area contributed by atoms with Crippen molar-refractivity contribution in [3.05, 3.63) is 80.7 Å². The van der Waals surface area contributed by atoms with Gasteiger partial charge in [-0.3, -0.25) is 14.9 Å². The fraction of sp³-hybridized carbons (Fsp3) is 0.227. The number of aromatic nitrogens is 1. The van der Waals surface area contributed by atoms with E-state index >= 15 is 0 Å². The second-order valence-electron chi connectivity index (χ2n) is 6.97. The molecule has 0 unspecified atom stereocenters. The molecule has 166 valence electrons. The van der Waals surface area contributed by atoms with E-state index in [-0.39, 0.29) is 29.3 Å². The monoisotopic (exact) mass is 439 g/mol. The number of benzene rings is 2. The first kappa shape index (κ1) is 22.5. The first-order valence-electron chi connectivity index (χ1n) is 9.62. The molecule has 0 aliphatic carbocycles. The molecule has 0 radical (unpaired) electrons. The molecule has 2 aromatic carbocycles. The molecule has 1 aromatic heterocycles. The van der Waals surface area contributed by atoms with Crippen LogP contribution < -0.4 is 10.1 Å². The summed E-state index contributed by atoms with van der Waals surface area (Å²) in [5.41, 5.74) is 2.19. The first-order chi connectivity index (χ1) is 15.3. The fourth-order valence-corrected chi connectivity index (χ4v) is 2.91. The van der Waals surface area contributed by atoms with Gasteiger partial charge >= 0.3 is 5.97 Å². The SMILES string of the molecule is Cc1ccc(NC(=O)COC(=O)c2ccccc2OCc2c(C)noc2C)cc1[N+](=O)[O-]. The van der Waals surface area contributed by atoms with Gasteiger partial charge in [-0.1, -0.05) is 23.4 Å². The lowest BCUT2D eigenvalue weighted by Crippen LogP contribution is -2.21. The highest BCUT2D eigenvalue weighted by Crippen LogP contribution is 2.23. The number of nitro groups is 1. The number of hydrogen-bond donors (Lipinski definition) is 1. The predicted octanol–water partition coefficient (Wildman–Crippen LogP) is 3.88. The minimum atomic E-state index is -0.746. The van der Waals surface area contributed by atoms with Crippen molar-refractivity contribution < 1.29 is 28.5 Å². The van der Waals surface area contributed by atoms with Gasteiger partial charge in [-0.05, 0) is 39.0 Å². The molecule has 10 nitrogen and oxygen atoms in total. The molecule has 10 heteroatoms. The van der Waals surface area contributed by atoms with Crippen LogP contribution in [0.3, 0.4) is 0 Å². The molecule has 0 saturated carbocycles. The summed E-state index contributed by atoms with van der Waals surface area (Å²) >= 11 is 0. The molecule has 1 N–H and O–H groups in total. The molecule has 3 aromatic rings. The molecule has 0 aliphatic rings. The average molecular weight is 439 g/mol. The summed E-state index contributed by atoms with van der Waals surface area (Å²) in [5, 5.41) is 17.4. The van der Waals surface area contributed by atoms with Crippen LogP contribution in [0, 0.1) is 30.9 Å². The maximum Gasteiger partial charge on any atom is 0.342 e. The summed E-state index contributed by atoms with van der Waals surface area (Å²) in [6.45, 7) is 4.73. The van der Waals surface area contributed by atoms with E-state index in [1.807, 2.05) is 0 Å². The smallest absolute Gasteiger partial charge is 0.342 e. The number of rotatable bonds is 8. The van der Waals surface area contributed by atoms with Gasteiger partial charge in [-0.15, -0.1) is 0 Å². The average Bonchev–Trinajstić information content (AvgIpc) is 3.09. The number of esters is 1. The van der Waals surface area contributed by atoms with Crippen LogP contribution in [0.4, 0.5) is 11.4 Å². The second kappa shape index (κ2) is 9.73. The number of aryl methyl sites for hydroxylation is 3. The first-order valence-corrected chi connectivity index (χ1v) is 9.62. The third kappa shape index (κ3) is 5.28. The number of anilines is 1. The lowest BCUT2D eigenvalue weighted by molar-refractivity contribution is -0.385. The van der Waals surface area contributed by atoms with Crippen molar-refractivity contribution in [2.75, 3.05) is 11.9 Å². The topological polar surface area (TPSA) is 134 Å². The van der Waals surface area contributed by atoms with Crippen LogP contribution in [0.2, 0.25) is 0 Å². The van der Waals surface area contributed by atoms with Gasteiger partial charge in [0.1, 0.15) is 23.7 Å². The van der Waals surface area contributed by atoms with Crippen LogP contribution in [0.25, 0.3) is 0 Å². The molecule has 32 heavy (non-hydrogen) atoms. The minimum absolute atomic E-state index is 0.121. The van der Waals surface area contributed by atoms with Crippen LogP contribution in [0.1, 0.15) is 32.9 Å². The summed E-state index contributed by atoms with van der Waals surface area (Å²) in [5.74, 6) is -0.474. The quantitative estimate of drug-likeness (QED) is 0.317. The maximum atomic E-state index is 12.5. The zero-order valence-electron chi connectivity index (χ0n) is 17.7. The predicted molar refractivity (Wildman–Crippen MR) is 113 cm³/mol. The maximum absolute atomic E-state index is 12.5. The van der Waals surface area contributed by atoms with Gasteiger partial charge in [-0.2, -0.15) is 0 Å². The van der Waals surface area contributed by atoms with Gasteiger partial charge in [0.15, 0.2) is 6.61 Å². The summed E-state index contributed by atoms with van der Waals surface area (Å²) in [4.78, 5) is 35.1. The van der Waals surface area contributed by atoms with E-state index in [1.54, 1.807) is 39.0 Å². The van der Waals surface area contributed by atoms with Crippen molar-refractivity contribution in [3.8, 4) is 5.75 Å². The van der Waals surface area contributed by atoms with E-state index in [1.165, 1.54) is 24.3 Å². The van der Waals surface area contributed by atoms with Crippen LogP contribution in [0.5, 0.6) is 5.75 Å². The van der Waals surface area contributed by atoms with Crippen molar-refractivity contribution >= 4 is 23.3 Å². The van der Waals surface area contributed by atoms with E-state index < -0.39 is 23.4 Å². The number of hydrogen-bond acceptors (Lipinski definition) is 8. The van der Waals surface area contributed by atoms with E-state index in [9.17, 15) is 19.7 Å². The number of nitro benzene ring substituents is 1. The van der Waals surface area contributed by atoms with E-state index in [4.69, 9.17) is 14.0 Å². The van der Waals surface area contributed by atoms with Crippen LogP contribution in [-0.4, -0.2) is 28.6 Å². The van der Waals surface area contributed by atoms with Crippen LogP contribution in [-0.2, 0) is 16.1 Å². The van der Waals surface area contributed by atoms with Crippen LogP contribution >= 0.6 is 0 Å². The molecule has 0 saturated heterocycles. The van der Waals surface area contributed by atoms with Crippen LogP contribution in [0.15, 0.2) is 47.0 Å². The highest BCUT2D eigenvalue weighted by Gasteiger charge is 2.18. The van der Waals surface area contributed by atoms with Crippen molar-refractivity contribution in [1.82, 2.24) is 5.16 Å². The number of carbonyl (C=O) groups excluding carboxylic acids is 2. The zero-order chi connectivity index (χ0) is 23.3. The van der Waals surface area contributed by atoms with Gasteiger partial charge in [0, 0.05) is 17.3 Å². The zero-order valence-corrected chi connectivity index (χ0v) is 17.7. The Bertz CT molecular complexity index is 1150. The Morgan fingerprint density at radius 1 is 1.16 bits per heavy atom. The molecule has 0 spiro atoms. The Hall–Kier alpha value is -4.21. The molecule has 0 aliphatic heterocycles. The third-order valence-electron chi connectivity index (χ3n) is 4.68. The van der Waals surface area contributed by atoms with Gasteiger partial charge < -0.3 is 19.3 Å². The van der Waals surface area contributed by atoms with Gasteiger partial charge in [0.05, 0.1) is 16.2 Å². The second-order valence-corrected chi connectivity index (χ2v) is 6.97. The lowest BCUT2D eigenvalue weighted by Gasteiger charge is -2.11. The Balaban J connectivity index is 1.61. The van der Waals surface area contributed by atoms with Gasteiger partial charge in [0.25, 0.3) is 11.6 Å². The molecule has 1 heterocycles. The van der Waals surface area contributed by atoms with E-state index in [2.05, 4.69) is 10.5 Å². The summed E-state index contributed by atoms with van der Waals surface area (Å²) in [7, 11) is 0. The molecular formula is C22H21N3O7. The highest BCUT2D eigenvalue weighted by molar-refractivity contribution is 5.97. The van der Waals surface area contributed by atoms with Crippen molar-refractivity contribution in [2.45, 2.75) is 27.4 Å². The van der Waals surface area contributed by atoms with E-state index in [0.29, 0.717) is 17.0 Å². The number of para-hydroxylation sites is 1. The Morgan fingerprint density at radius 3 is 2.59 bits per heavy atom. The van der Waals surface area contributed by atoms with Crippen molar-refractivity contribution in [2.24, 2.45) is 0 Å². The number of ether oxygens (including phenoxy) is 2. The Kier molecular flexibility index (Phi) is 6.83. The fourth-order valence-electron chi connectivity index (χ4n) is 2.91. The van der Waals surface area contributed by atoms with Gasteiger partial charge in [-0.25, -0.2) is 4.79 Å². The number of nitrogens with zero attached hydrogens (tertiary/aromatic N) is 2. The van der Waals surface area contributed by atoms with E-state index in [0.717, 1.165) is 5.56 Å². The standard InChI is InChI=1S/C22H21N3O7/c1-13-8-9-16(10-19(13)25(28)29)23-21(26)12-31-22(27)17-6-4-5-7-20(17)30-11-18-14(2)24-32-15(18)3/h4-10H,11-12H2,1-3H3,(H,23,26). The molecule has 1 amide bonds. The molecule has 3 rings (SSSR count). The van der Waals surface area contributed by atoms with Crippen molar-refractivity contribution in [3.63, 3.8) is 0 Å². The summed E-state index contributed by atoms with van der Waals surface area (Å²) in [6, 6.07) is 10.8. The number of nitrogens with one attached hydrogen (secondary N) is 1. The number of amides is 1. The Labute approximate surface area is 183 Å². The largest absolute Gasteiger partial charge is 0.488 e. The normalized spacial score (nSPS) is 10.5. The summed E-state index contributed by atoms with van der Waals surface area (Å²) < 4.78 is 15.9. The summed E-state index contributed by atoms with van der Waals surface area (Å²) in [6.07, 6.45) is 0. The molecule has 0 bridgehead atoms. The molecular weight excluding hydrogens is 418 g/mol.